The lowest BCUT2D eigenvalue weighted by Crippen LogP contribution is -2.57. The van der Waals surface area contributed by atoms with Crippen LogP contribution in [0, 0.1) is 0 Å². The van der Waals surface area contributed by atoms with Gasteiger partial charge in [-0.15, -0.1) is 24.0 Å². The molecule has 31 heavy (non-hydrogen) atoms. The van der Waals surface area contributed by atoms with Crippen molar-refractivity contribution in [3.05, 3.63) is 35.9 Å². The van der Waals surface area contributed by atoms with Crippen molar-refractivity contribution in [3.8, 4) is 0 Å². The van der Waals surface area contributed by atoms with Crippen LogP contribution in [0.25, 0.3) is 0 Å². The summed E-state index contributed by atoms with van der Waals surface area (Å²) in [6, 6.07) is 9.77. The van der Waals surface area contributed by atoms with Crippen molar-refractivity contribution in [2.75, 3.05) is 52.9 Å². The van der Waals surface area contributed by atoms with Crippen molar-refractivity contribution in [2.45, 2.75) is 32.4 Å². The highest BCUT2D eigenvalue weighted by Gasteiger charge is 2.30. The molecule has 2 N–H and O–H groups in total. The lowest BCUT2D eigenvalue weighted by atomic mass is 10.2. The molecule has 2 fully saturated rings. The molecule has 2 aliphatic heterocycles. The van der Waals surface area contributed by atoms with E-state index >= 15 is 0 Å². The largest absolute Gasteiger partial charge is 0.350 e. The minimum absolute atomic E-state index is 0. The second-order valence-corrected chi connectivity index (χ2v) is 7.89. The quantitative estimate of drug-likeness (QED) is 0.320. The Kier molecular flexibility index (Phi) is 10.5. The number of guanidine groups is 1. The van der Waals surface area contributed by atoms with Crippen molar-refractivity contribution < 1.29 is 9.59 Å². The van der Waals surface area contributed by atoms with E-state index in [0.717, 1.165) is 63.6 Å². The van der Waals surface area contributed by atoms with Crippen LogP contribution in [-0.2, 0) is 16.1 Å². The van der Waals surface area contributed by atoms with Crippen LogP contribution in [0.5, 0.6) is 0 Å². The van der Waals surface area contributed by atoms with Crippen LogP contribution in [0.1, 0.15) is 25.3 Å². The molecular formula is C22H35IN6O2. The molecule has 9 heteroatoms. The molecule has 0 aromatic heterocycles. The fourth-order valence-electron chi connectivity index (χ4n) is 4.03. The Morgan fingerprint density at radius 1 is 0.968 bits per heavy atom. The predicted molar refractivity (Wildman–Crippen MR) is 133 cm³/mol. The third-order valence-corrected chi connectivity index (χ3v) is 5.89. The number of nitrogens with one attached hydrogen (secondary N) is 2. The third-order valence-electron chi connectivity index (χ3n) is 5.89. The second kappa shape index (κ2) is 12.8. The van der Waals surface area contributed by atoms with Crippen LogP contribution in [0.4, 0.5) is 0 Å². The topological polar surface area (TPSA) is 80.3 Å². The Morgan fingerprint density at radius 2 is 1.61 bits per heavy atom. The first-order valence-electron chi connectivity index (χ1n) is 10.9. The number of hydrogen-bond acceptors (Lipinski definition) is 4. The van der Waals surface area contributed by atoms with Gasteiger partial charge in [0.15, 0.2) is 5.96 Å². The fraction of sp³-hybridized carbons (Fsp3) is 0.591. The number of benzene rings is 1. The molecule has 2 aliphatic rings. The summed E-state index contributed by atoms with van der Waals surface area (Å²) in [5, 5.41) is 6.07. The number of carbonyl (C=O) groups is 2. The van der Waals surface area contributed by atoms with Crippen LogP contribution >= 0.6 is 24.0 Å². The summed E-state index contributed by atoms with van der Waals surface area (Å²) in [6.07, 6.45) is 2.24. The molecule has 1 unspecified atom stereocenters. The van der Waals surface area contributed by atoms with E-state index in [2.05, 4.69) is 25.4 Å². The van der Waals surface area contributed by atoms with Gasteiger partial charge in [0.05, 0.1) is 12.6 Å². The van der Waals surface area contributed by atoms with E-state index in [0.29, 0.717) is 6.54 Å². The summed E-state index contributed by atoms with van der Waals surface area (Å²) in [5.41, 5.74) is 1.07. The minimum Gasteiger partial charge on any atom is -0.350 e. The molecule has 0 aliphatic carbocycles. The standard InChI is InChI=1S/C22H34N6O2.HI/c1-18(21(30)27-10-6-7-11-27)26-12-14-28(15-13-26)22(23-2)25-17-20(29)24-16-19-8-4-3-5-9-19;/h3-5,8-9,18H,6-7,10-17H2,1-2H3,(H,23,25)(H,24,29);1H. The smallest absolute Gasteiger partial charge is 0.239 e. The lowest BCUT2D eigenvalue weighted by Gasteiger charge is -2.39. The highest BCUT2D eigenvalue weighted by atomic mass is 127. The van der Waals surface area contributed by atoms with Gasteiger partial charge >= 0.3 is 0 Å². The van der Waals surface area contributed by atoms with Gasteiger partial charge in [0.1, 0.15) is 0 Å². The Morgan fingerprint density at radius 3 is 2.23 bits per heavy atom. The normalized spacial score (nSPS) is 18.3. The Hall–Kier alpha value is -1.88. The first kappa shape index (κ1) is 25.4. The zero-order valence-electron chi connectivity index (χ0n) is 18.5. The van der Waals surface area contributed by atoms with E-state index < -0.39 is 0 Å². The molecule has 0 bridgehead atoms. The molecule has 3 rings (SSSR count). The van der Waals surface area contributed by atoms with Crippen molar-refractivity contribution in [1.29, 1.82) is 0 Å². The molecule has 172 valence electrons. The molecule has 8 nitrogen and oxygen atoms in total. The van der Waals surface area contributed by atoms with E-state index in [9.17, 15) is 9.59 Å². The fourth-order valence-corrected chi connectivity index (χ4v) is 4.03. The predicted octanol–water partition coefficient (Wildman–Crippen LogP) is 1.12. The number of rotatable bonds is 6. The molecule has 1 aromatic carbocycles. The maximum atomic E-state index is 12.6. The van der Waals surface area contributed by atoms with Crippen LogP contribution in [0.15, 0.2) is 35.3 Å². The van der Waals surface area contributed by atoms with Gasteiger partial charge in [-0.05, 0) is 25.3 Å². The highest BCUT2D eigenvalue weighted by molar-refractivity contribution is 14.0. The zero-order chi connectivity index (χ0) is 21.3. The molecule has 0 spiro atoms. The zero-order valence-corrected chi connectivity index (χ0v) is 20.9. The lowest BCUT2D eigenvalue weighted by molar-refractivity contribution is -0.135. The number of aliphatic imine (C=N–C) groups is 1. The number of nitrogens with zero attached hydrogens (tertiary/aromatic N) is 4. The number of piperazine rings is 1. The molecule has 1 atom stereocenters. The van der Waals surface area contributed by atoms with E-state index in [1.54, 1.807) is 7.05 Å². The maximum absolute atomic E-state index is 12.6. The Labute approximate surface area is 202 Å². The molecule has 0 radical (unpaired) electrons. The molecular weight excluding hydrogens is 507 g/mol. The monoisotopic (exact) mass is 542 g/mol. The van der Waals surface area contributed by atoms with Crippen LogP contribution in [0.3, 0.4) is 0 Å². The summed E-state index contributed by atoms with van der Waals surface area (Å²) < 4.78 is 0. The van der Waals surface area contributed by atoms with Gasteiger partial charge in [-0.2, -0.15) is 0 Å². The van der Waals surface area contributed by atoms with Gasteiger partial charge < -0.3 is 20.4 Å². The van der Waals surface area contributed by atoms with E-state index in [1.807, 2.05) is 42.2 Å². The van der Waals surface area contributed by atoms with Gasteiger partial charge in [-0.1, -0.05) is 30.3 Å². The maximum Gasteiger partial charge on any atom is 0.239 e. The Bertz CT molecular complexity index is 731. The number of carbonyl (C=O) groups excluding carboxylic acids is 2. The third kappa shape index (κ3) is 7.34. The molecule has 0 saturated carbocycles. The van der Waals surface area contributed by atoms with Gasteiger partial charge in [0.25, 0.3) is 0 Å². The molecule has 2 saturated heterocycles. The van der Waals surface area contributed by atoms with Crippen molar-refractivity contribution in [3.63, 3.8) is 0 Å². The van der Waals surface area contributed by atoms with Crippen LogP contribution in [0.2, 0.25) is 0 Å². The molecule has 2 heterocycles. The Balaban J connectivity index is 0.00000341. The number of halogens is 1. The number of likely N-dealkylation sites (tertiary alicyclic amines) is 1. The highest BCUT2D eigenvalue weighted by Crippen LogP contribution is 2.14. The summed E-state index contributed by atoms with van der Waals surface area (Å²) in [7, 11) is 1.73. The number of hydrogen-bond donors (Lipinski definition) is 2. The van der Waals surface area contributed by atoms with Crippen molar-refractivity contribution in [1.82, 2.24) is 25.3 Å². The summed E-state index contributed by atoms with van der Waals surface area (Å²) in [6.45, 7) is 7.68. The van der Waals surface area contributed by atoms with Gasteiger partial charge in [0, 0.05) is 52.9 Å². The summed E-state index contributed by atoms with van der Waals surface area (Å²) in [5.74, 6) is 0.907. The van der Waals surface area contributed by atoms with Gasteiger partial charge in [0.2, 0.25) is 11.8 Å². The molecule has 1 aromatic rings. The van der Waals surface area contributed by atoms with E-state index in [-0.39, 0.29) is 48.4 Å². The summed E-state index contributed by atoms with van der Waals surface area (Å²) in [4.78, 5) is 35.5. The first-order chi connectivity index (χ1) is 14.6. The van der Waals surface area contributed by atoms with Crippen molar-refractivity contribution in [2.24, 2.45) is 4.99 Å². The summed E-state index contributed by atoms with van der Waals surface area (Å²) >= 11 is 0. The van der Waals surface area contributed by atoms with Crippen molar-refractivity contribution >= 4 is 41.8 Å². The average molecular weight is 542 g/mol. The van der Waals surface area contributed by atoms with Gasteiger partial charge in [-0.3, -0.25) is 19.5 Å². The second-order valence-electron chi connectivity index (χ2n) is 7.89. The SMILES string of the molecule is CN=C(NCC(=O)NCc1ccccc1)N1CCN(C(C)C(=O)N2CCCC2)CC1.I. The van der Waals surface area contributed by atoms with Crippen LogP contribution < -0.4 is 10.6 Å². The average Bonchev–Trinajstić information content (AvgIpc) is 3.33. The van der Waals surface area contributed by atoms with Crippen LogP contribution in [-0.4, -0.2) is 91.4 Å². The minimum atomic E-state index is -0.0796. The van der Waals surface area contributed by atoms with Gasteiger partial charge in [-0.25, -0.2) is 0 Å². The molecule has 2 amide bonds. The van der Waals surface area contributed by atoms with E-state index in [4.69, 9.17) is 0 Å². The first-order valence-corrected chi connectivity index (χ1v) is 10.9. The van der Waals surface area contributed by atoms with E-state index in [1.165, 1.54) is 0 Å². The number of amides is 2.